The molecule has 57 heavy (non-hydrogen) atoms. The predicted octanol–water partition coefficient (Wildman–Crippen LogP) is 8.62. The molecule has 7 aromatic carbocycles. The fraction of sp³-hybridized carbons (Fsp3) is 0. The Kier molecular flexibility index (Phi) is 13.6. The van der Waals surface area contributed by atoms with Crippen LogP contribution in [0.4, 0.5) is 0 Å². The maximum atomic E-state index is 6.94. The van der Waals surface area contributed by atoms with E-state index in [4.69, 9.17) is 4.74 Å². The van der Waals surface area contributed by atoms with Gasteiger partial charge in [-0.1, -0.05) is 133 Å². The quantitative estimate of drug-likeness (QED) is 0.102. The Labute approximate surface area is 346 Å². The van der Waals surface area contributed by atoms with Gasteiger partial charge in [0.25, 0.3) is 0 Å². The maximum absolute atomic E-state index is 6.94. The zero-order chi connectivity index (χ0) is 37.8. The first kappa shape index (κ1) is 39.3. The van der Waals surface area contributed by atoms with Crippen LogP contribution < -0.4 is 41.7 Å². The van der Waals surface area contributed by atoms with Crippen LogP contribution in [0.3, 0.4) is 0 Å². The summed E-state index contributed by atoms with van der Waals surface area (Å²) >= 11 is 0. The predicted molar refractivity (Wildman–Crippen MR) is 237 cm³/mol. The standard InChI is InChI=1S/C36H28OP2.C13H9N4.Cu/c1-5-17-29(18-6-1)38(30-19-7-2-8-20-30)35-27-15-13-25-33(35)37-34-26-14-16-28-36(34)39(31-21-9-3-10-22-31)32-23-11-4-12-24-32;1-2-6-10(7-3-1)12-15-13(17-16-12)11-8-4-5-9-14-11;/h1-28H;1-9H;/q;-1;+1/p+2. The van der Waals surface area contributed by atoms with Crippen molar-refractivity contribution in [1.82, 2.24) is 20.2 Å². The van der Waals surface area contributed by atoms with E-state index >= 15 is 0 Å². The van der Waals surface area contributed by atoms with Crippen molar-refractivity contribution in [3.63, 3.8) is 0 Å². The van der Waals surface area contributed by atoms with E-state index in [9.17, 15) is 0 Å². The Balaban J connectivity index is 0.000000230. The van der Waals surface area contributed by atoms with Gasteiger partial charge in [-0.05, 0) is 96.3 Å². The molecule has 2 heterocycles. The van der Waals surface area contributed by atoms with E-state index in [0.717, 1.165) is 22.8 Å². The minimum absolute atomic E-state index is 0. The van der Waals surface area contributed by atoms with Crippen molar-refractivity contribution in [3.8, 4) is 34.4 Å². The summed E-state index contributed by atoms with van der Waals surface area (Å²) < 4.78 is 6.94. The van der Waals surface area contributed by atoms with Crippen LogP contribution in [0.15, 0.2) is 225 Å². The van der Waals surface area contributed by atoms with Gasteiger partial charge in [-0.2, -0.15) is 0 Å². The number of pyridine rings is 1. The number of aromatic nitrogens is 4. The number of rotatable bonds is 10. The number of benzene rings is 7. The topological polar surface area (TPSA) is 62.0 Å². The maximum Gasteiger partial charge on any atom is 1.00 e. The molecule has 0 radical (unpaired) electrons. The van der Waals surface area contributed by atoms with Crippen LogP contribution >= 0.6 is 15.8 Å². The molecule has 0 bridgehead atoms. The van der Waals surface area contributed by atoms with Crippen molar-refractivity contribution in [3.05, 3.63) is 225 Å². The molecule has 0 saturated heterocycles. The third-order valence-corrected chi connectivity index (χ3v) is 14.7. The number of para-hydroxylation sites is 2. The molecule has 2 aromatic heterocycles. The SMILES string of the molecule is [Cu+].c1ccc(-c2n[n-]c(-c3ccccn3)n2)cc1.c1ccc([PH+](c2ccccc2)c2ccccc2Oc2ccccc2[PH+](c2ccccc2)c2ccccc2)cc1. The zero-order valence-corrected chi connectivity index (χ0v) is 33.8. The van der Waals surface area contributed by atoms with Gasteiger partial charge in [0, 0.05) is 6.20 Å². The Hall–Kier alpha value is -5.99. The second-order valence-electron chi connectivity index (χ2n) is 12.8. The third-order valence-electron chi connectivity index (χ3n) is 9.16. The van der Waals surface area contributed by atoms with Crippen molar-refractivity contribution in [2.24, 2.45) is 0 Å². The number of hydrogen-bond donors (Lipinski definition) is 0. The monoisotopic (exact) mass is 824 g/mol. The van der Waals surface area contributed by atoms with Crippen LogP contribution in [-0.4, -0.2) is 15.1 Å². The van der Waals surface area contributed by atoms with E-state index in [2.05, 4.69) is 190 Å². The molecule has 0 amide bonds. The van der Waals surface area contributed by atoms with Crippen LogP contribution in [0, 0.1) is 0 Å². The van der Waals surface area contributed by atoms with Crippen LogP contribution in [0.25, 0.3) is 22.9 Å². The van der Waals surface area contributed by atoms with Gasteiger partial charge in [-0.25, -0.2) is 0 Å². The molecular formula is C49H39CuN4OP2+2. The fourth-order valence-corrected chi connectivity index (χ4v) is 11.9. The summed E-state index contributed by atoms with van der Waals surface area (Å²) in [6.45, 7) is 0. The Morgan fingerprint density at radius 2 is 0.789 bits per heavy atom. The van der Waals surface area contributed by atoms with Crippen molar-refractivity contribution in [1.29, 1.82) is 0 Å². The molecule has 0 N–H and O–H groups in total. The van der Waals surface area contributed by atoms with Crippen molar-refractivity contribution in [2.75, 3.05) is 0 Å². The molecule has 9 rings (SSSR count). The first-order chi connectivity index (χ1) is 27.8. The second-order valence-corrected chi connectivity index (χ2v) is 17.7. The summed E-state index contributed by atoms with van der Waals surface area (Å²) in [4.78, 5) is 8.56. The largest absolute Gasteiger partial charge is 1.00 e. The van der Waals surface area contributed by atoms with E-state index in [-0.39, 0.29) is 17.1 Å². The van der Waals surface area contributed by atoms with E-state index in [1.807, 2.05) is 48.5 Å². The van der Waals surface area contributed by atoms with Crippen molar-refractivity contribution < 1.29 is 21.8 Å². The van der Waals surface area contributed by atoms with Gasteiger partial charge in [0.1, 0.15) is 47.7 Å². The molecule has 0 atom stereocenters. The molecule has 280 valence electrons. The molecule has 0 unspecified atom stereocenters. The molecule has 0 fully saturated rings. The average molecular weight is 825 g/mol. The Morgan fingerprint density at radius 1 is 0.404 bits per heavy atom. The van der Waals surface area contributed by atoms with Crippen LogP contribution in [0.5, 0.6) is 11.5 Å². The summed E-state index contributed by atoms with van der Waals surface area (Å²) in [7, 11) is -2.56. The van der Waals surface area contributed by atoms with Gasteiger partial charge in [0.05, 0.1) is 11.5 Å². The van der Waals surface area contributed by atoms with E-state index in [0.29, 0.717) is 11.6 Å². The molecule has 5 nitrogen and oxygen atoms in total. The first-order valence-corrected chi connectivity index (χ1v) is 21.5. The van der Waals surface area contributed by atoms with Crippen LogP contribution in [0.2, 0.25) is 0 Å². The molecule has 9 aromatic rings. The third kappa shape index (κ3) is 9.70. The van der Waals surface area contributed by atoms with Gasteiger partial charge in [0.2, 0.25) is 0 Å². The number of nitrogens with zero attached hydrogens (tertiary/aromatic N) is 4. The Bertz CT molecular complexity index is 2310. The van der Waals surface area contributed by atoms with E-state index in [1.54, 1.807) is 6.20 Å². The smallest absolute Gasteiger partial charge is 0.449 e. The zero-order valence-electron chi connectivity index (χ0n) is 30.9. The van der Waals surface area contributed by atoms with E-state index in [1.165, 1.54) is 31.8 Å². The minimum Gasteiger partial charge on any atom is -0.449 e. The first-order valence-electron chi connectivity index (χ1n) is 18.5. The summed E-state index contributed by atoms with van der Waals surface area (Å²) in [5.74, 6) is 3.04. The summed E-state index contributed by atoms with van der Waals surface area (Å²) in [6, 6.07) is 76.0. The summed E-state index contributed by atoms with van der Waals surface area (Å²) in [6.07, 6.45) is 1.72. The van der Waals surface area contributed by atoms with Gasteiger partial charge in [0.15, 0.2) is 11.5 Å². The van der Waals surface area contributed by atoms with Gasteiger partial charge < -0.3 is 14.8 Å². The minimum atomic E-state index is -1.28. The molecule has 0 aliphatic rings. The second kappa shape index (κ2) is 19.7. The molecule has 0 aliphatic heterocycles. The molecule has 0 aliphatic carbocycles. The summed E-state index contributed by atoms with van der Waals surface area (Å²) in [5.41, 5.74) is 1.70. The van der Waals surface area contributed by atoms with Gasteiger partial charge in [-0.15, -0.1) is 0 Å². The summed E-state index contributed by atoms with van der Waals surface area (Å²) in [5, 5.41) is 16.0. The number of ether oxygens (including phenoxy) is 1. The number of hydrogen-bond acceptors (Lipinski definition) is 4. The average Bonchev–Trinajstić information content (AvgIpc) is 3.78. The molecule has 8 heteroatoms. The van der Waals surface area contributed by atoms with Crippen molar-refractivity contribution in [2.45, 2.75) is 0 Å². The normalized spacial score (nSPS) is 10.6. The molecular weight excluding hydrogens is 786 g/mol. The van der Waals surface area contributed by atoms with Crippen LogP contribution in [0.1, 0.15) is 0 Å². The van der Waals surface area contributed by atoms with E-state index < -0.39 is 15.8 Å². The fourth-order valence-electron chi connectivity index (χ4n) is 6.57. The van der Waals surface area contributed by atoms with Gasteiger partial charge >= 0.3 is 17.1 Å². The molecule has 0 saturated carbocycles. The Morgan fingerprint density at radius 3 is 1.21 bits per heavy atom. The van der Waals surface area contributed by atoms with Gasteiger partial charge in [-0.3, -0.25) is 10.1 Å². The molecule has 0 spiro atoms. The van der Waals surface area contributed by atoms with Crippen LogP contribution in [-0.2, 0) is 17.1 Å². The van der Waals surface area contributed by atoms with Crippen molar-refractivity contribution >= 4 is 47.7 Å².